The Morgan fingerprint density at radius 3 is 1.92 bits per heavy atom. The van der Waals surface area contributed by atoms with Gasteiger partial charge in [-0.2, -0.15) is 13.0 Å². The Bertz CT molecular complexity index is 986. The summed E-state index contributed by atoms with van der Waals surface area (Å²) in [5.41, 5.74) is 1.65. The van der Waals surface area contributed by atoms with Gasteiger partial charge in [0.15, 0.2) is 6.54 Å². The molecule has 1 heterocycles. The van der Waals surface area contributed by atoms with Gasteiger partial charge in [0.05, 0.1) is 22.1 Å². The van der Waals surface area contributed by atoms with E-state index in [0.717, 1.165) is 0 Å². The van der Waals surface area contributed by atoms with Crippen molar-refractivity contribution in [2.75, 3.05) is 5.75 Å². The molecule has 0 saturated heterocycles. The Morgan fingerprint density at radius 2 is 1.46 bits per heavy atom. The lowest BCUT2D eigenvalue weighted by molar-refractivity contribution is -0.645. The van der Waals surface area contributed by atoms with Crippen LogP contribution in [0.3, 0.4) is 0 Å². The quantitative estimate of drug-likeness (QED) is 0.420. The number of hydrogen-bond donors (Lipinski definition) is 2. The molecule has 0 bridgehead atoms. The van der Waals surface area contributed by atoms with Crippen molar-refractivity contribution in [2.45, 2.75) is 13.0 Å². The number of pyridine rings is 1. The maximum atomic E-state index is 11.8. The third-order valence-electron chi connectivity index (χ3n) is 3.93. The van der Waals surface area contributed by atoms with Crippen molar-refractivity contribution in [3.8, 4) is 0 Å². The highest BCUT2D eigenvalue weighted by atomic mass is 32.2. The van der Waals surface area contributed by atoms with Gasteiger partial charge in [-0.1, -0.05) is 24.3 Å². The standard InChI is InChI=1S/C17H15NO5S/c19-17(20)16-12-6-1-3-8-14(12)18(10-5-11-24(21,22)23)15-9-4-2-7-13(15)16/h1-4,6-9H,5,10-11H2,(H-,19,20,21,22,23)/p+1. The molecule has 3 rings (SSSR count). The molecule has 2 aromatic carbocycles. The number of para-hydroxylation sites is 2. The van der Waals surface area contributed by atoms with Crippen LogP contribution in [0.15, 0.2) is 48.5 Å². The Labute approximate surface area is 138 Å². The molecule has 24 heavy (non-hydrogen) atoms. The van der Waals surface area contributed by atoms with E-state index < -0.39 is 16.1 Å². The van der Waals surface area contributed by atoms with Crippen molar-refractivity contribution in [1.82, 2.24) is 0 Å². The van der Waals surface area contributed by atoms with Gasteiger partial charge in [-0.05, 0) is 12.1 Å². The molecule has 0 unspecified atom stereocenters. The number of nitrogens with zero attached hydrogens (tertiary/aromatic N) is 1. The minimum atomic E-state index is -4.03. The fourth-order valence-electron chi connectivity index (χ4n) is 2.99. The van der Waals surface area contributed by atoms with Crippen LogP contribution in [-0.2, 0) is 16.7 Å². The zero-order valence-corrected chi connectivity index (χ0v) is 13.5. The van der Waals surface area contributed by atoms with Crippen molar-refractivity contribution in [3.63, 3.8) is 0 Å². The molecule has 0 aliphatic rings. The van der Waals surface area contributed by atoms with E-state index in [9.17, 15) is 18.3 Å². The van der Waals surface area contributed by atoms with Gasteiger partial charge in [-0.15, -0.1) is 0 Å². The van der Waals surface area contributed by atoms with Crippen LogP contribution in [-0.4, -0.2) is 29.8 Å². The number of aryl methyl sites for hydroxylation is 1. The summed E-state index contributed by atoms with van der Waals surface area (Å²) in [6, 6.07) is 14.3. The zero-order valence-electron chi connectivity index (χ0n) is 12.7. The van der Waals surface area contributed by atoms with Crippen LogP contribution in [0.4, 0.5) is 0 Å². The van der Waals surface area contributed by atoms with E-state index >= 15 is 0 Å². The number of carboxylic acids is 1. The molecule has 3 aromatic rings. The van der Waals surface area contributed by atoms with Gasteiger partial charge in [0.1, 0.15) is 0 Å². The highest BCUT2D eigenvalue weighted by Gasteiger charge is 2.23. The molecule has 6 nitrogen and oxygen atoms in total. The summed E-state index contributed by atoms with van der Waals surface area (Å²) in [6.07, 6.45) is 0.226. The van der Waals surface area contributed by atoms with E-state index in [4.69, 9.17) is 4.55 Å². The summed E-state index contributed by atoms with van der Waals surface area (Å²) in [7, 11) is -4.03. The minimum absolute atomic E-state index is 0.226. The number of carbonyl (C=O) groups is 1. The molecule has 0 atom stereocenters. The fraction of sp³-hybridized carbons (Fsp3) is 0.176. The largest absolute Gasteiger partial charge is 0.478 e. The normalized spacial score (nSPS) is 11.9. The third-order valence-corrected chi connectivity index (χ3v) is 4.73. The summed E-state index contributed by atoms with van der Waals surface area (Å²) >= 11 is 0. The van der Waals surface area contributed by atoms with E-state index in [1.54, 1.807) is 24.3 Å². The number of benzene rings is 2. The van der Waals surface area contributed by atoms with Crippen molar-refractivity contribution in [1.29, 1.82) is 0 Å². The summed E-state index contributed by atoms with van der Waals surface area (Å²) in [6.45, 7) is 0.348. The van der Waals surface area contributed by atoms with Gasteiger partial charge in [-0.3, -0.25) is 4.55 Å². The summed E-state index contributed by atoms with van der Waals surface area (Å²) in [5, 5.41) is 10.8. The van der Waals surface area contributed by atoms with E-state index in [2.05, 4.69) is 0 Å². The number of rotatable bonds is 5. The topological polar surface area (TPSA) is 95.5 Å². The summed E-state index contributed by atoms with van der Waals surface area (Å²) in [5.74, 6) is -1.35. The second-order valence-electron chi connectivity index (χ2n) is 5.51. The van der Waals surface area contributed by atoms with Crippen molar-refractivity contribution in [3.05, 3.63) is 54.1 Å². The molecule has 124 valence electrons. The SMILES string of the molecule is O=C(O)c1c2ccccc2[n+](CCCS(=O)(=O)O)c2ccccc12. The highest BCUT2D eigenvalue weighted by Crippen LogP contribution is 2.24. The summed E-state index contributed by atoms with van der Waals surface area (Å²) in [4.78, 5) is 11.8. The maximum absolute atomic E-state index is 11.8. The number of fused-ring (bicyclic) bond motifs is 2. The number of aromatic carboxylic acids is 1. The molecule has 0 aliphatic carbocycles. The summed E-state index contributed by atoms with van der Waals surface area (Å²) < 4.78 is 32.7. The first-order chi connectivity index (χ1) is 11.4. The Balaban J connectivity index is 2.26. The molecule has 1 aromatic heterocycles. The lowest BCUT2D eigenvalue weighted by atomic mass is 10.0. The van der Waals surface area contributed by atoms with Crippen molar-refractivity contribution in [2.24, 2.45) is 0 Å². The van der Waals surface area contributed by atoms with Crippen LogP contribution in [0.1, 0.15) is 16.8 Å². The molecule has 0 fully saturated rings. The minimum Gasteiger partial charge on any atom is -0.478 e. The number of hydrogen-bond acceptors (Lipinski definition) is 3. The molecule has 0 saturated carbocycles. The van der Waals surface area contributed by atoms with Gasteiger partial charge in [0, 0.05) is 18.6 Å². The first-order valence-corrected chi connectivity index (χ1v) is 9.01. The molecule has 7 heteroatoms. The predicted octanol–water partition coefficient (Wildman–Crippen LogP) is 2.26. The van der Waals surface area contributed by atoms with Crippen LogP contribution in [0.2, 0.25) is 0 Å². The van der Waals surface area contributed by atoms with Gasteiger partial charge >= 0.3 is 5.97 Å². The van der Waals surface area contributed by atoms with Gasteiger partial charge in [0.2, 0.25) is 11.0 Å². The predicted molar refractivity (Wildman–Crippen MR) is 89.6 cm³/mol. The average Bonchev–Trinajstić information content (AvgIpc) is 2.52. The molecular formula is C17H16NO5S+. The van der Waals surface area contributed by atoms with Crippen molar-refractivity contribution >= 4 is 37.9 Å². The first kappa shape index (κ1) is 16.4. The maximum Gasteiger partial charge on any atom is 0.337 e. The van der Waals surface area contributed by atoms with Crippen LogP contribution in [0.5, 0.6) is 0 Å². The number of aromatic nitrogens is 1. The Hall–Kier alpha value is -2.51. The molecule has 0 spiro atoms. The van der Waals surface area contributed by atoms with Gasteiger partial charge in [-0.25, -0.2) is 4.79 Å². The van der Waals surface area contributed by atoms with Crippen LogP contribution < -0.4 is 4.57 Å². The van der Waals surface area contributed by atoms with Crippen molar-refractivity contribution < 1.29 is 27.4 Å². The lowest BCUT2D eigenvalue weighted by Gasteiger charge is -2.09. The first-order valence-electron chi connectivity index (χ1n) is 7.40. The third kappa shape index (κ3) is 3.08. The second kappa shape index (κ2) is 6.18. The van der Waals surface area contributed by atoms with Crippen LogP contribution >= 0.6 is 0 Å². The Kier molecular flexibility index (Phi) is 4.21. The average molecular weight is 346 g/mol. The molecule has 0 amide bonds. The van der Waals surface area contributed by atoms with Gasteiger partial charge < -0.3 is 5.11 Å². The van der Waals surface area contributed by atoms with E-state index in [1.807, 2.05) is 28.8 Å². The number of carboxylic acid groups (broad SMARTS) is 1. The monoisotopic (exact) mass is 346 g/mol. The van der Waals surface area contributed by atoms with Crippen LogP contribution in [0, 0.1) is 0 Å². The smallest absolute Gasteiger partial charge is 0.337 e. The lowest BCUT2D eigenvalue weighted by Crippen LogP contribution is -2.37. The molecule has 2 N–H and O–H groups in total. The second-order valence-corrected chi connectivity index (χ2v) is 7.08. The molecule has 0 radical (unpaired) electrons. The van der Waals surface area contributed by atoms with E-state index in [1.165, 1.54) is 0 Å². The van der Waals surface area contributed by atoms with E-state index in [0.29, 0.717) is 28.4 Å². The van der Waals surface area contributed by atoms with Crippen LogP contribution in [0.25, 0.3) is 21.8 Å². The molecular weight excluding hydrogens is 330 g/mol. The van der Waals surface area contributed by atoms with E-state index in [-0.39, 0.29) is 17.7 Å². The zero-order chi connectivity index (χ0) is 17.3. The molecule has 0 aliphatic heterocycles. The van der Waals surface area contributed by atoms with Gasteiger partial charge in [0.25, 0.3) is 10.1 Å². The highest BCUT2D eigenvalue weighted by molar-refractivity contribution is 7.85. The Morgan fingerprint density at radius 1 is 0.958 bits per heavy atom. The fourth-order valence-corrected chi connectivity index (χ4v) is 3.49.